The molecule has 1 aromatic rings. The molecule has 0 aliphatic heterocycles. The first-order valence-electron chi connectivity index (χ1n) is 2.73. The van der Waals surface area contributed by atoms with Gasteiger partial charge in [-0.15, -0.1) is 5.75 Å². The lowest BCUT2D eigenvalue weighted by Gasteiger charge is -2.08. The van der Waals surface area contributed by atoms with E-state index in [-0.39, 0.29) is 10.6 Å². The van der Waals surface area contributed by atoms with E-state index >= 15 is 0 Å². The second-order valence-electron chi connectivity index (χ2n) is 1.93. The Balaban J connectivity index is 3.20. The lowest BCUT2D eigenvalue weighted by molar-refractivity contribution is -0.268. The summed E-state index contributed by atoms with van der Waals surface area (Å²) in [5.41, 5.74) is 0. The van der Waals surface area contributed by atoms with E-state index in [1.54, 1.807) is 0 Å². The van der Waals surface area contributed by atoms with Gasteiger partial charge >= 0.3 is 0 Å². The fourth-order valence-corrected chi connectivity index (χ4v) is 1.08. The highest BCUT2D eigenvalue weighted by molar-refractivity contribution is 7.85. The molecular formula is C6H4O4S-2. The minimum absolute atomic E-state index is 0.322. The molecular weight excluding hydrogens is 168 g/mol. The zero-order valence-electron chi connectivity index (χ0n) is 5.35. The summed E-state index contributed by atoms with van der Waals surface area (Å²) >= 11 is 0. The monoisotopic (exact) mass is 172 g/mol. The Kier molecular flexibility index (Phi) is 1.84. The molecule has 0 saturated carbocycles. The molecule has 0 N–H and O–H groups in total. The molecule has 0 radical (unpaired) electrons. The van der Waals surface area contributed by atoms with Crippen LogP contribution in [0.3, 0.4) is 0 Å². The van der Waals surface area contributed by atoms with Gasteiger partial charge in [0.25, 0.3) is 0 Å². The summed E-state index contributed by atoms with van der Waals surface area (Å²) in [5, 5.41) is 10.5. The zero-order chi connectivity index (χ0) is 8.48. The first kappa shape index (κ1) is 8.03. The summed E-state index contributed by atoms with van der Waals surface area (Å²) < 4.78 is 30.9. The molecule has 1 rings (SSSR count). The van der Waals surface area contributed by atoms with E-state index in [1.807, 2.05) is 0 Å². The maximum Gasteiger partial charge on any atom is 0.124 e. The van der Waals surface area contributed by atoms with E-state index in [0.29, 0.717) is 0 Å². The van der Waals surface area contributed by atoms with Gasteiger partial charge in [0.1, 0.15) is 10.1 Å². The Bertz CT molecular complexity index is 337. The van der Waals surface area contributed by atoms with Crippen LogP contribution >= 0.6 is 0 Å². The summed E-state index contributed by atoms with van der Waals surface area (Å²) in [7, 11) is -4.41. The quantitative estimate of drug-likeness (QED) is 0.543. The van der Waals surface area contributed by atoms with Crippen LogP contribution < -0.4 is 5.11 Å². The van der Waals surface area contributed by atoms with Crippen LogP contribution in [0.2, 0.25) is 0 Å². The Morgan fingerprint density at radius 2 is 1.55 bits per heavy atom. The highest BCUT2D eigenvalue weighted by Gasteiger charge is 1.96. The molecule has 1 aromatic carbocycles. The predicted octanol–water partition coefficient (Wildman–Crippen LogP) is -0.336. The van der Waals surface area contributed by atoms with Crippen LogP contribution in [0, 0.1) is 0 Å². The van der Waals surface area contributed by atoms with Gasteiger partial charge in [-0.2, -0.15) is 0 Å². The number of hydrogen-bond donors (Lipinski definition) is 0. The molecule has 60 valence electrons. The van der Waals surface area contributed by atoms with E-state index < -0.39 is 10.1 Å². The third-order valence-electron chi connectivity index (χ3n) is 1.11. The van der Waals surface area contributed by atoms with Crippen LogP contribution in [0.4, 0.5) is 0 Å². The molecule has 0 aliphatic rings. The topological polar surface area (TPSA) is 80.3 Å². The normalized spacial score (nSPS) is 11.4. The summed E-state index contributed by atoms with van der Waals surface area (Å²) in [6, 6.07) is 4.05. The van der Waals surface area contributed by atoms with Crippen molar-refractivity contribution in [2.45, 2.75) is 4.90 Å². The first-order chi connectivity index (χ1) is 5.00. The second kappa shape index (κ2) is 2.52. The van der Waals surface area contributed by atoms with Crippen LogP contribution in [0.1, 0.15) is 0 Å². The molecule has 0 heterocycles. The number of benzene rings is 1. The van der Waals surface area contributed by atoms with E-state index in [2.05, 4.69) is 0 Å². The Labute approximate surface area is 63.9 Å². The molecule has 0 unspecified atom stereocenters. The molecule has 0 fully saturated rings. The molecule has 0 atom stereocenters. The zero-order valence-corrected chi connectivity index (χ0v) is 6.17. The predicted molar refractivity (Wildman–Crippen MR) is 33.9 cm³/mol. The van der Waals surface area contributed by atoms with Crippen molar-refractivity contribution in [1.29, 1.82) is 0 Å². The third-order valence-corrected chi connectivity index (χ3v) is 1.96. The van der Waals surface area contributed by atoms with E-state index in [9.17, 15) is 18.1 Å². The van der Waals surface area contributed by atoms with Gasteiger partial charge in [0, 0.05) is 0 Å². The van der Waals surface area contributed by atoms with Crippen LogP contribution in [0.15, 0.2) is 29.2 Å². The Morgan fingerprint density at radius 3 is 1.91 bits per heavy atom. The van der Waals surface area contributed by atoms with Gasteiger partial charge in [0.2, 0.25) is 0 Å². The smallest absolute Gasteiger partial charge is 0.124 e. The standard InChI is InChI=1S/C6H6O4S/c7-5-1-3-6(4-2-5)11(8,9)10/h1-4,7H,(H,8,9,10)/p-2. The van der Waals surface area contributed by atoms with Crippen molar-refractivity contribution in [3.63, 3.8) is 0 Å². The van der Waals surface area contributed by atoms with Crippen LogP contribution in [-0.2, 0) is 10.1 Å². The second-order valence-corrected chi connectivity index (χ2v) is 3.31. The molecule has 0 spiro atoms. The highest BCUT2D eigenvalue weighted by Crippen LogP contribution is 2.11. The van der Waals surface area contributed by atoms with E-state index in [1.165, 1.54) is 0 Å². The van der Waals surface area contributed by atoms with Crippen molar-refractivity contribution >= 4 is 10.1 Å². The average Bonchev–Trinajstić information content (AvgIpc) is 1.86. The van der Waals surface area contributed by atoms with Crippen molar-refractivity contribution in [3.05, 3.63) is 24.3 Å². The van der Waals surface area contributed by atoms with Crippen LogP contribution in [0.5, 0.6) is 5.75 Å². The molecule has 4 nitrogen and oxygen atoms in total. The number of rotatable bonds is 1. The SMILES string of the molecule is O=S(=O)([O-])c1ccc([O-])cc1. The maximum absolute atomic E-state index is 10.5. The molecule has 0 aliphatic carbocycles. The molecule has 0 aromatic heterocycles. The van der Waals surface area contributed by atoms with Gasteiger partial charge in [-0.3, -0.25) is 0 Å². The van der Waals surface area contributed by atoms with Crippen molar-refractivity contribution in [2.24, 2.45) is 0 Å². The Hall–Kier alpha value is -1.07. The summed E-state index contributed by atoms with van der Waals surface area (Å²) in [4.78, 5) is -0.378. The lowest BCUT2D eigenvalue weighted by Crippen LogP contribution is -1.98. The van der Waals surface area contributed by atoms with Crippen molar-refractivity contribution < 1.29 is 18.1 Å². The van der Waals surface area contributed by atoms with Gasteiger partial charge in [0.05, 0.1) is 4.90 Å². The van der Waals surface area contributed by atoms with E-state index in [4.69, 9.17) is 0 Å². The third kappa shape index (κ3) is 1.92. The van der Waals surface area contributed by atoms with Crippen LogP contribution in [0.25, 0.3) is 0 Å². The summed E-state index contributed by atoms with van der Waals surface area (Å²) in [6.07, 6.45) is 0. The minimum Gasteiger partial charge on any atom is -0.872 e. The summed E-state index contributed by atoms with van der Waals surface area (Å²) in [6.45, 7) is 0. The first-order valence-corrected chi connectivity index (χ1v) is 4.14. The number of hydrogen-bond acceptors (Lipinski definition) is 4. The van der Waals surface area contributed by atoms with E-state index in [0.717, 1.165) is 24.3 Å². The van der Waals surface area contributed by atoms with Crippen molar-refractivity contribution in [2.75, 3.05) is 0 Å². The largest absolute Gasteiger partial charge is 0.872 e. The molecule has 0 saturated heterocycles. The van der Waals surface area contributed by atoms with Crippen molar-refractivity contribution in [1.82, 2.24) is 0 Å². The fraction of sp³-hybridized carbons (Fsp3) is 0. The molecule has 0 bridgehead atoms. The Morgan fingerprint density at radius 1 is 1.09 bits per heavy atom. The van der Waals surface area contributed by atoms with Gasteiger partial charge in [-0.05, 0) is 12.1 Å². The highest BCUT2D eigenvalue weighted by atomic mass is 32.2. The molecule has 11 heavy (non-hydrogen) atoms. The molecule has 0 amide bonds. The minimum atomic E-state index is -4.41. The summed E-state index contributed by atoms with van der Waals surface area (Å²) in [5.74, 6) is -0.322. The molecule has 5 heteroatoms. The van der Waals surface area contributed by atoms with Gasteiger partial charge in [-0.1, -0.05) is 12.1 Å². The van der Waals surface area contributed by atoms with Crippen LogP contribution in [-0.4, -0.2) is 13.0 Å². The lowest BCUT2D eigenvalue weighted by atomic mass is 10.3. The van der Waals surface area contributed by atoms with Crippen molar-refractivity contribution in [3.8, 4) is 5.75 Å². The maximum atomic E-state index is 10.5. The average molecular weight is 172 g/mol. The van der Waals surface area contributed by atoms with Gasteiger partial charge in [-0.25, -0.2) is 8.42 Å². The van der Waals surface area contributed by atoms with Gasteiger partial charge in [0.15, 0.2) is 0 Å². The van der Waals surface area contributed by atoms with Gasteiger partial charge < -0.3 is 9.66 Å². The fourth-order valence-electron chi connectivity index (χ4n) is 0.606.